The van der Waals surface area contributed by atoms with Crippen LogP contribution in [-0.4, -0.2) is 26.1 Å². The number of aromatic amines is 2. The third kappa shape index (κ3) is 2.66. The van der Waals surface area contributed by atoms with Gasteiger partial charge in [0, 0.05) is 33.2 Å². The summed E-state index contributed by atoms with van der Waals surface area (Å²) >= 11 is 11.3. The third-order valence-corrected chi connectivity index (χ3v) is 4.17. The Morgan fingerprint density at radius 1 is 1.17 bits per heavy atom. The van der Waals surface area contributed by atoms with E-state index in [1.807, 2.05) is 54.7 Å². The average Bonchev–Trinajstić information content (AvgIpc) is 3.16. The van der Waals surface area contributed by atoms with E-state index in [2.05, 4.69) is 20.3 Å². The topological polar surface area (TPSA) is 61.8 Å². The molecule has 7 heteroatoms. The van der Waals surface area contributed by atoms with Gasteiger partial charge in [-0.05, 0) is 30.4 Å². The van der Waals surface area contributed by atoms with E-state index in [9.17, 15) is 0 Å². The molecule has 24 heavy (non-hydrogen) atoms. The minimum absolute atomic E-state index is 0.418. The first-order chi connectivity index (χ1) is 11.7. The molecular weight excluding hydrogens is 342 g/mol. The molecule has 4 aromatic rings. The van der Waals surface area contributed by atoms with Crippen molar-refractivity contribution >= 4 is 40.9 Å². The molecule has 0 saturated heterocycles. The Morgan fingerprint density at radius 3 is 2.92 bits per heavy atom. The van der Waals surface area contributed by atoms with Crippen LogP contribution in [-0.2, 0) is 0 Å². The quantitative estimate of drug-likeness (QED) is 0.417. The second-order valence-corrected chi connectivity index (χ2v) is 6.03. The van der Waals surface area contributed by atoms with Crippen molar-refractivity contribution in [2.45, 2.75) is 0 Å². The molecular formula is C17H12ClN5S. The van der Waals surface area contributed by atoms with E-state index in [1.54, 1.807) is 10.9 Å². The van der Waals surface area contributed by atoms with Gasteiger partial charge >= 0.3 is 0 Å². The highest BCUT2D eigenvalue weighted by atomic mass is 35.5. The Hall–Kier alpha value is -2.70. The molecule has 2 heterocycles. The lowest BCUT2D eigenvalue weighted by Crippen LogP contribution is -1.94. The molecule has 2 aromatic heterocycles. The average molecular weight is 354 g/mol. The summed E-state index contributed by atoms with van der Waals surface area (Å²) < 4.78 is 2.00. The van der Waals surface area contributed by atoms with Crippen LogP contribution < -0.4 is 0 Å². The van der Waals surface area contributed by atoms with Gasteiger partial charge in [-0.25, -0.2) is 5.10 Å². The first-order valence-electron chi connectivity index (χ1n) is 7.26. The van der Waals surface area contributed by atoms with E-state index in [4.69, 9.17) is 23.8 Å². The lowest BCUT2D eigenvalue weighted by atomic mass is 10.2. The first-order valence-corrected chi connectivity index (χ1v) is 8.05. The number of nitrogens with zero attached hydrogens (tertiary/aromatic N) is 3. The predicted molar refractivity (Wildman–Crippen MR) is 99.1 cm³/mol. The summed E-state index contributed by atoms with van der Waals surface area (Å²) in [5.41, 5.74) is 2.88. The number of hydrogen-bond donors (Lipinski definition) is 2. The van der Waals surface area contributed by atoms with Crippen LogP contribution in [0.1, 0.15) is 5.56 Å². The molecule has 0 spiro atoms. The fourth-order valence-corrected chi connectivity index (χ4v) is 2.90. The van der Waals surface area contributed by atoms with Gasteiger partial charge in [0.05, 0.1) is 6.21 Å². The predicted octanol–water partition coefficient (Wildman–Crippen LogP) is 4.62. The SMILES string of the molecule is S=c1[nH]nc(-c2cccc(Cl)c2)n1/N=C/c1c[nH]c2ccccc12. The molecule has 0 aliphatic rings. The van der Waals surface area contributed by atoms with Crippen molar-refractivity contribution in [2.24, 2.45) is 5.10 Å². The zero-order valence-corrected chi connectivity index (χ0v) is 14.0. The van der Waals surface area contributed by atoms with Gasteiger partial charge in [-0.2, -0.15) is 14.9 Å². The molecule has 0 radical (unpaired) electrons. The Bertz CT molecular complexity index is 1110. The summed E-state index contributed by atoms with van der Waals surface area (Å²) in [6.07, 6.45) is 3.68. The van der Waals surface area contributed by atoms with Crippen LogP contribution >= 0.6 is 23.8 Å². The maximum absolute atomic E-state index is 6.06. The summed E-state index contributed by atoms with van der Waals surface area (Å²) in [7, 11) is 0. The molecule has 0 aliphatic heterocycles. The van der Waals surface area contributed by atoms with Gasteiger partial charge in [0.1, 0.15) is 0 Å². The minimum Gasteiger partial charge on any atom is -0.361 e. The fraction of sp³-hybridized carbons (Fsp3) is 0. The Balaban J connectivity index is 1.78. The van der Waals surface area contributed by atoms with Crippen LogP contribution in [0.2, 0.25) is 5.02 Å². The maximum Gasteiger partial charge on any atom is 0.216 e. The molecule has 0 bridgehead atoms. The normalized spacial score (nSPS) is 11.5. The highest BCUT2D eigenvalue weighted by Crippen LogP contribution is 2.21. The van der Waals surface area contributed by atoms with Crippen LogP contribution in [0.25, 0.3) is 22.3 Å². The number of halogens is 1. The standard InChI is InChI=1S/C17H12ClN5S/c18-13-5-3-4-11(8-13)16-21-22-17(24)23(16)20-10-12-9-19-15-7-2-1-6-14(12)15/h1-10,19H,(H,22,24)/b20-10+. The van der Waals surface area contributed by atoms with E-state index in [0.29, 0.717) is 15.6 Å². The van der Waals surface area contributed by atoms with Crippen LogP contribution in [0, 0.1) is 4.77 Å². The van der Waals surface area contributed by atoms with Crippen molar-refractivity contribution in [1.29, 1.82) is 0 Å². The van der Waals surface area contributed by atoms with E-state index >= 15 is 0 Å². The second kappa shape index (κ2) is 6.07. The van der Waals surface area contributed by atoms with Crippen LogP contribution in [0.15, 0.2) is 59.8 Å². The molecule has 118 valence electrons. The van der Waals surface area contributed by atoms with Crippen molar-refractivity contribution < 1.29 is 0 Å². The van der Waals surface area contributed by atoms with E-state index in [-0.39, 0.29) is 0 Å². The van der Waals surface area contributed by atoms with Gasteiger partial charge in [-0.15, -0.1) is 0 Å². The van der Waals surface area contributed by atoms with Crippen molar-refractivity contribution in [3.05, 3.63) is 70.1 Å². The Labute approximate surface area is 147 Å². The highest BCUT2D eigenvalue weighted by molar-refractivity contribution is 7.71. The van der Waals surface area contributed by atoms with Crippen LogP contribution in [0.4, 0.5) is 0 Å². The van der Waals surface area contributed by atoms with Gasteiger partial charge in [-0.3, -0.25) is 0 Å². The fourth-order valence-electron chi connectivity index (χ4n) is 2.53. The smallest absolute Gasteiger partial charge is 0.216 e. The molecule has 0 amide bonds. The number of hydrogen-bond acceptors (Lipinski definition) is 3. The Morgan fingerprint density at radius 2 is 2.04 bits per heavy atom. The third-order valence-electron chi connectivity index (χ3n) is 3.67. The lowest BCUT2D eigenvalue weighted by molar-refractivity contribution is 0.872. The van der Waals surface area contributed by atoms with Crippen LogP contribution in [0.5, 0.6) is 0 Å². The Kier molecular flexibility index (Phi) is 3.76. The zero-order chi connectivity index (χ0) is 16.5. The van der Waals surface area contributed by atoms with E-state index in [0.717, 1.165) is 22.0 Å². The summed E-state index contributed by atoms with van der Waals surface area (Å²) in [5.74, 6) is 0.610. The second-order valence-electron chi connectivity index (χ2n) is 5.21. The molecule has 0 atom stereocenters. The molecule has 4 rings (SSSR count). The monoisotopic (exact) mass is 353 g/mol. The van der Waals surface area contributed by atoms with E-state index in [1.165, 1.54) is 0 Å². The molecule has 5 nitrogen and oxygen atoms in total. The zero-order valence-electron chi connectivity index (χ0n) is 12.4. The molecule has 0 saturated carbocycles. The summed E-state index contributed by atoms with van der Waals surface area (Å²) in [5, 5.41) is 13.3. The van der Waals surface area contributed by atoms with Gasteiger partial charge in [0.25, 0.3) is 0 Å². The number of fused-ring (bicyclic) bond motifs is 1. The number of aromatic nitrogens is 4. The minimum atomic E-state index is 0.418. The van der Waals surface area contributed by atoms with Gasteiger partial charge in [0.15, 0.2) is 5.82 Å². The molecule has 2 N–H and O–H groups in total. The van der Waals surface area contributed by atoms with Gasteiger partial charge < -0.3 is 4.98 Å². The summed E-state index contributed by atoms with van der Waals surface area (Å²) in [4.78, 5) is 3.22. The highest BCUT2D eigenvalue weighted by Gasteiger charge is 2.08. The number of para-hydroxylation sites is 1. The molecule has 0 fully saturated rings. The van der Waals surface area contributed by atoms with Crippen molar-refractivity contribution in [2.75, 3.05) is 0 Å². The number of benzene rings is 2. The molecule has 2 aromatic carbocycles. The summed E-state index contributed by atoms with van der Waals surface area (Å²) in [6.45, 7) is 0. The van der Waals surface area contributed by atoms with Crippen LogP contribution in [0.3, 0.4) is 0 Å². The van der Waals surface area contributed by atoms with Crippen molar-refractivity contribution in [1.82, 2.24) is 19.9 Å². The maximum atomic E-state index is 6.06. The first kappa shape index (κ1) is 14.9. The van der Waals surface area contributed by atoms with E-state index < -0.39 is 0 Å². The van der Waals surface area contributed by atoms with Gasteiger partial charge in [0.2, 0.25) is 4.77 Å². The lowest BCUT2D eigenvalue weighted by Gasteiger charge is -2.01. The molecule has 0 aliphatic carbocycles. The largest absolute Gasteiger partial charge is 0.361 e. The van der Waals surface area contributed by atoms with Crippen molar-refractivity contribution in [3.63, 3.8) is 0 Å². The van der Waals surface area contributed by atoms with Crippen molar-refractivity contribution in [3.8, 4) is 11.4 Å². The number of rotatable bonds is 3. The number of H-pyrrole nitrogens is 2. The number of nitrogens with one attached hydrogen (secondary N) is 2. The molecule has 0 unspecified atom stereocenters. The summed E-state index contributed by atoms with van der Waals surface area (Å²) in [6, 6.07) is 15.5. The van der Waals surface area contributed by atoms with Gasteiger partial charge in [-0.1, -0.05) is 41.9 Å².